The minimum Gasteiger partial charge on any atom is -0.349 e. The van der Waals surface area contributed by atoms with Gasteiger partial charge in [0.05, 0.1) is 0 Å². The van der Waals surface area contributed by atoms with Crippen LogP contribution in [0.1, 0.15) is 13.3 Å². The van der Waals surface area contributed by atoms with Crippen LogP contribution in [0.3, 0.4) is 0 Å². The highest BCUT2D eigenvalue weighted by atomic mass is 15.4. The van der Waals surface area contributed by atoms with E-state index < -0.39 is 0 Å². The minimum atomic E-state index is 0.990. The van der Waals surface area contributed by atoms with E-state index in [4.69, 9.17) is 0 Å². The van der Waals surface area contributed by atoms with Crippen LogP contribution in [0.2, 0.25) is 0 Å². The number of rotatable bonds is 1. The van der Waals surface area contributed by atoms with Gasteiger partial charge in [0.2, 0.25) is 0 Å². The molecule has 0 unspecified atom stereocenters. The lowest BCUT2D eigenvalue weighted by Gasteiger charge is -2.31. The van der Waals surface area contributed by atoms with Crippen LogP contribution in [0.15, 0.2) is 4.99 Å². The molecule has 0 aromatic rings. The van der Waals surface area contributed by atoms with Crippen molar-refractivity contribution in [3.8, 4) is 0 Å². The molecule has 0 aromatic carbocycles. The van der Waals surface area contributed by atoms with Crippen molar-refractivity contribution in [1.29, 1.82) is 0 Å². The number of hydrogen-bond acceptors (Lipinski definition) is 3. The second-order valence-electron chi connectivity index (χ2n) is 3.01. The monoisotopic (exact) mass is 155 g/mol. The first-order valence-corrected chi connectivity index (χ1v) is 4.22. The zero-order valence-corrected chi connectivity index (χ0v) is 7.67. The van der Waals surface area contributed by atoms with E-state index in [1.165, 1.54) is 6.42 Å². The maximum Gasteiger partial charge on any atom is 0.196 e. The summed E-state index contributed by atoms with van der Waals surface area (Å²) in [5.74, 6) is 1.14. The van der Waals surface area contributed by atoms with Gasteiger partial charge < -0.3 is 9.80 Å². The normalized spacial score (nSPS) is 18.1. The van der Waals surface area contributed by atoms with Crippen molar-refractivity contribution in [2.45, 2.75) is 13.3 Å². The van der Waals surface area contributed by atoms with Crippen LogP contribution < -0.4 is 0 Å². The lowest BCUT2D eigenvalue weighted by molar-refractivity contribution is 0.357. The molecule has 0 saturated carbocycles. The highest BCUT2D eigenvalue weighted by Gasteiger charge is 2.13. The Bertz CT molecular complexity index is 151. The molecule has 0 saturated heterocycles. The van der Waals surface area contributed by atoms with Crippen molar-refractivity contribution in [3.63, 3.8) is 0 Å². The Morgan fingerprint density at radius 3 is 2.73 bits per heavy atom. The van der Waals surface area contributed by atoms with E-state index in [2.05, 4.69) is 21.7 Å². The van der Waals surface area contributed by atoms with Crippen LogP contribution in [0.5, 0.6) is 0 Å². The number of hydrogen-bond donors (Lipinski definition) is 0. The Labute approximate surface area is 68.7 Å². The summed E-state index contributed by atoms with van der Waals surface area (Å²) in [5, 5.41) is 0. The van der Waals surface area contributed by atoms with Gasteiger partial charge in [-0.05, 0) is 13.3 Å². The third kappa shape index (κ3) is 1.85. The summed E-state index contributed by atoms with van der Waals surface area (Å²) in [7, 11) is 4.10. The van der Waals surface area contributed by atoms with Crippen LogP contribution in [0, 0.1) is 0 Å². The zero-order chi connectivity index (χ0) is 8.27. The van der Waals surface area contributed by atoms with Crippen molar-refractivity contribution in [2.75, 3.05) is 33.7 Å². The first-order valence-electron chi connectivity index (χ1n) is 4.22. The first kappa shape index (κ1) is 8.37. The van der Waals surface area contributed by atoms with Crippen LogP contribution in [0.4, 0.5) is 0 Å². The molecule has 3 nitrogen and oxygen atoms in total. The second-order valence-corrected chi connectivity index (χ2v) is 3.01. The topological polar surface area (TPSA) is 18.8 Å². The van der Waals surface area contributed by atoms with Crippen LogP contribution >= 0.6 is 0 Å². The average Bonchev–Trinajstić information content (AvgIpc) is 2.04. The number of aliphatic imine (C=N–C) groups is 1. The maximum absolute atomic E-state index is 4.45. The molecule has 1 aliphatic heterocycles. The summed E-state index contributed by atoms with van der Waals surface area (Å²) in [6.45, 7) is 5.39. The largest absolute Gasteiger partial charge is 0.349 e. The van der Waals surface area contributed by atoms with E-state index in [9.17, 15) is 0 Å². The van der Waals surface area contributed by atoms with Crippen LogP contribution in [-0.4, -0.2) is 49.5 Å². The quantitative estimate of drug-likeness (QED) is 0.553. The predicted octanol–water partition coefficient (Wildman–Crippen LogP) is 0.630. The first-order chi connectivity index (χ1) is 5.25. The molecule has 1 heterocycles. The Kier molecular flexibility index (Phi) is 2.74. The summed E-state index contributed by atoms with van der Waals surface area (Å²) < 4.78 is 0. The van der Waals surface area contributed by atoms with Crippen LogP contribution in [0.25, 0.3) is 0 Å². The van der Waals surface area contributed by atoms with Crippen molar-refractivity contribution >= 4 is 5.96 Å². The van der Waals surface area contributed by atoms with E-state index in [1.807, 2.05) is 14.1 Å². The summed E-state index contributed by atoms with van der Waals surface area (Å²) in [5.41, 5.74) is 0. The molecule has 64 valence electrons. The molecule has 0 spiro atoms. The smallest absolute Gasteiger partial charge is 0.196 e. The Morgan fingerprint density at radius 1 is 1.55 bits per heavy atom. The molecule has 0 radical (unpaired) electrons. The SMILES string of the molecule is CCN1CCCN=C1N(C)C. The zero-order valence-electron chi connectivity index (χ0n) is 7.67. The molecule has 11 heavy (non-hydrogen) atoms. The number of guanidine groups is 1. The highest BCUT2D eigenvalue weighted by molar-refractivity contribution is 5.80. The summed E-state index contributed by atoms with van der Waals surface area (Å²) >= 11 is 0. The lowest BCUT2D eigenvalue weighted by atomic mass is 10.3. The lowest BCUT2D eigenvalue weighted by Crippen LogP contribution is -2.43. The molecule has 0 aliphatic carbocycles. The number of nitrogens with zero attached hydrogens (tertiary/aromatic N) is 3. The molecule has 1 rings (SSSR count). The minimum absolute atomic E-state index is 0.990. The molecule has 0 bridgehead atoms. The van der Waals surface area contributed by atoms with Gasteiger partial charge in [-0.25, -0.2) is 0 Å². The molecule has 0 N–H and O–H groups in total. The van der Waals surface area contributed by atoms with E-state index in [0.717, 1.165) is 25.6 Å². The third-order valence-electron chi connectivity index (χ3n) is 1.90. The molecule has 1 aliphatic rings. The van der Waals surface area contributed by atoms with Crippen molar-refractivity contribution in [2.24, 2.45) is 4.99 Å². The molecule has 0 aromatic heterocycles. The summed E-state index contributed by atoms with van der Waals surface area (Å²) in [6.07, 6.45) is 1.20. The summed E-state index contributed by atoms with van der Waals surface area (Å²) in [6, 6.07) is 0. The molecular weight excluding hydrogens is 138 g/mol. The fraction of sp³-hybridized carbons (Fsp3) is 0.875. The summed E-state index contributed by atoms with van der Waals surface area (Å²) in [4.78, 5) is 8.84. The maximum atomic E-state index is 4.45. The van der Waals surface area contributed by atoms with Gasteiger partial charge >= 0.3 is 0 Å². The van der Waals surface area contributed by atoms with E-state index in [-0.39, 0.29) is 0 Å². The predicted molar refractivity (Wildman–Crippen MR) is 47.9 cm³/mol. The van der Waals surface area contributed by atoms with Gasteiger partial charge in [0.1, 0.15) is 0 Å². The highest BCUT2D eigenvalue weighted by Crippen LogP contribution is 2.03. The van der Waals surface area contributed by atoms with Crippen molar-refractivity contribution in [1.82, 2.24) is 9.80 Å². The van der Waals surface area contributed by atoms with Crippen molar-refractivity contribution < 1.29 is 0 Å². The molecule has 0 atom stereocenters. The van der Waals surface area contributed by atoms with Gasteiger partial charge in [-0.2, -0.15) is 0 Å². The second kappa shape index (κ2) is 3.60. The van der Waals surface area contributed by atoms with Gasteiger partial charge in [-0.3, -0.25) is 4.99 Å². The molecular formula is C8H17N3. The van der Waals surface area contributed by atoms with E-state index >= 15 is 0 Å². The molecule has 0 fully saturated rings. The Balaban J connectivity index is 2.63. The molecule has 3 heteroatoms. The van der Waals surface area contributed by atoms with Crippen LogP contribution in [-0.2, 0) is 0 Å². The van der Waals surface area contributed by atoms with Gasteiger partial charge in [0.25, 0.3) is 0 Å². The van der Waals surface area contributed by atoms with E-state index in [0.29, 0.717) is 0 Å². The Hall–Kier alpha value is -0.730. The van der Waals surface area contributed by atoms with Gasteiger partial charge in [0.15, 0.2) is 5.96 Å². The third-order valence-corrected chi connectivity index (χ3v) is 1.90. The average molecular weight is 155 g/mol. The molecule has 0 amide bonds. The van der Waals surface area contributed by atoms with E-state index in [1.54, 1.807) is 0 Å². The fourth-order valence-corrected chi connectivity index (χ4v) is 1.36. The van der Waals surface area contributed by atoms with Gasteiger partial charge in [0, 0.05) is 33.7 Å². The van der Waals surface area contributed by atoms with Gasteiger partial charge in [-0.1, -0.05) is 0 Å². The standard InChI is InChI=1S/C8H17N3/c1-4-11-7-5-6-9-8(11)10(2)3/h4-7H2,1-3H3. The van der Waals surface area contributed by atoms with Crippen molar-refractivity contribution in [3.05, 3.63) is 0 Å². The fourth-order valence-electron chi connectivity index (χ4n) is 1.36. The van der Waals surface area contributed by atoms with Gasteiger partial charge in [-0.15, -0.1) is 0 Å². The Morgan fingerprint density at radius 2 is 2.27 bits per heavy atom.